The minimum Gasteiger partial charge on any atom is -0.313 e. The molecule has 0 radical (unpaired) electrons. The van der Waals surface area contributed by atoms with E-state index >= 15 is 0 Å². The lowest BCUT2D eigenvalue weighted by atomic mass is 9.76. The van der Waals surface area contributed by atoms with Gasteiger partial charge in [0, 0.05) is 18.0 Å². The van der Waals surface area contributed by atoms with E-state index in [1.807, 2.05) is 6.08 Å². The molecule has 0 spiro atoms. The van der Waals surface area contributed by atoms with Gasteiger partial charge in [0.15, 0.2) is 0 Å². The molecule has 2 atom stereocenters. The van der Waals surface area contributed by atoms with Crippen LogP contribution >= 0.6 is 0 Å². The Morgan fingerprint density at radius 1 is 1.47 bits per heavy atom. The highest BCUT2D eigenvalue weighted by molar-refractivity contribution is 5.29. The second-order valence-electron chi connectivity index (χ2n) is 4.63. The second kappa shape index (κ2) is 4.19. The SMILES string of the molecule is C=CC[C@]1(c2ccccc2)CN[C@H](C)C1. The maximum atomic E-state index is 3.89. The average molecular weight is 201 g/mol. The van der Waals surface area contributed by atoms with Gasteiger partial charge in [-0.15, -0.1) is 6.58 Å². The summed E-state index contributed by atoms with van der Waals surface area (Å²) in [6.45, 7) is 7.22. The van der Waals surface area contributed by atoms with Gasteiger partial charge in [0.05, 0.1) is 0 Å². The molecule has 0 amide bonds. The molecule has 1 fully saturated rings. The van der Waals surface area contributed by atoms with Crippen molar-refractivity contribution in [1.82, 2.24) is 5.32 Å². The topological polar surface area (TPSA) is 12.0 Å². The van der Waals surface area contributed by atoms with Gasteiger partial charge >= 0.3 is 0 Å². The van der Waals surface area contributed by atoms with Crippen LogP contribution in [-0.2, 0) is 5.41 Å². The maximum absolute atomic E-state index is 3.89. The summed E-state index contributed by atoms with van der Waals surface area (Å²) in [7, 11) is 0. The Morgan fingerprint density at radius 2 is 2.20 bits per heavy atom. The van der Waals surface area contributed by atoms with Gasteiger partial charge in [0.2, 0.25) is 0 Å². The van der Waals surface area contributed by atoms with E-state index in [1.54, 1.807) is 0 Å². The number of rotatable bonds is 3. The van der Waals surface area contributed by atoms with Crippen molar-refractivity contribution in [2.24, 2.45) is 0 Å². The van der Waals surface area contributed by atoms with Crippen LogP contribution in [0.2, 0.25) is 0 Å². The molecule has 0 aromatic heterocycles. The van der Waals surface area contributed by atoms with Crippen LogP contribution in [0.4, 0.5) is 0 Å². The highest BCUT2D eigenvalue weighted by Gasteiger charge is 2.37. The first-order valence-electron chi connectivity index (χ1n) is 5.67. The summed E-state index contributed by atoms with van der Waals surface area (Å²) < 4.78 is 0. The number of benzene rings is 1. The molecule has 80 valence electrons. The third kappa shape index (κ3) is 1.98. The molecular weight excluding hydrogens is 182 g/mol. The lowest BCUT2D eigenvalue weighted by Gasteiger charge is -2.27. The molecule has 0 bridgehead atoms. The minimum atomic E-state index is 0.280. The van der Waals surface area contributed by atoms with Crippen LogP contribution in [0, 0.1) is 0 Å². The molecule has 1 N–H and O–H groups in total. The summed E-state index contributed by atoms with van der Waals surface area (Å²) in [5.41, 5.74) is 1.73. The zero-order chi connectivity index (χ0) is 10.7. The molecule has 1 heterocycles. The molecule has 1 heteroatoms. The molecule has 2 rings (SSSR count). The van der Waals surface area contributed by atoms with Gasteiger partial charge in [-0.1, -0.05) is 36.4 Å². The van der Waals surface area contributed by atoms with E-state index in [0.717, 1.165) is 13.0 Å². The van der Waals surface area contributed by atoms with Crippen LogP contribution < -0.4 is 5.32 Å². The first-order chi connectivity index (χ1) is 7.27. The first-order valence-corrected chi connectivity index (χ1v) is 5.67. The fraction of sp³-hybridized carbons (Fsp3) is 0.429. The van der Waals surface area contributed by atoms with Crippen LogP contribution in [-0.4, -0.2) is 12.6 Å². The largest absolute Gasteiger partial charge is 0.313 e. The third-order valence-corrected chi connectivity index (χ3v) is 3.41. The number of hydrogen-bond donors (Lipinski definition) is 1. The van der Waals surface area contributed by atoms with Crippen LogP contribution in [0.5, 0.6) is 0 Å². The fourth-order valence-corrected chi connectivity index (χ4v) is 2.66. The number of nitrogens with one attached hydrogen (secondary N) is 1. The summed E-state index contributed by atoms with van der Waals surface area (Å²) in [6.07, 6.45) is 4.32. The fourth-order valence-electron chi connectivity index (χ4n) is 2.66. The smallest absolute Gasteiger partial charge is 0.0127 e. The maximum Gasteiger partial charge on any atom is 0.0127 e. The molecule has 1 aromatic rings. The quantitative estimate of drug-likeness (QED) is 0.741. The number of allylic oxidation sites excluding steroid dienone is 1. The standard InChI is InChI=1S/C14H19N/c1-3-9-14(10-12(2)15-11-14)13-7-5-4-6-8-13/h3-8,12,15H,1,9-11H2,2H3/t12-,14-/m1/s1. The molecule has 0 unspecified atom stereocenters. The van der Waals surface area contributed by atoms with E-state index in [9.17, 15) is 0 Å². The summed E-state index contributed by atoms with van der Waals surface area (Å²) in [5, 5.41) is 3.55. The van der Waals surface area contributed by atoms with E-state index in [0.29, 0.717) is 6.04 Å². The highest BCUT2D eigenvalue weighted by atomic mass is 15.0. The van der Waals surface area contributed by atoms with E-state index in [4.69, 9.17) is 0 Å². The lowest BCUT2D eigenvalue weighted by Crippen LogP contribution is -2.28. The van der Waals surface area contributed by atoms with Crippen molar-refractivity contribution in [3.8, 4) is 0 Å². The molecular formula is C14H19N. The lowest BCUT2D eigenvalue weighted by molar-refractivity contribution is 0.468. The zero-order valence-electron chi connectivity index (χ0n) is 9.37. The second-order valence-corrected chi connectivity index (χ2v) is 4.63. The third-order valence-electron chi connectivity index (χ3n) is 3.41. The van der Waals surface area contributed by atoms with E-state index in [1.165, 1.54) is 12.0 Å². The van der Waals surface area contributed by atoms with Crippen molar-refractivity contribution in [3.05, 3.63) is 48.6 Å². The minimum absolute atomic E-state index is 0.280. The van der Waals surface area contributed by atoms with E-state index < -0.39 is 0 Å². The average Bonchev–Trinajstić information content (AvgIpc) is 2.63. The van der Waals surface area contributed by atoms with Gasteiger partial charge in [-0.25, -0.2) is 0 Å². The van der Waals surface area contributed by atoms with Crippen LogP contribution in [0.25, 0.3) is 0 Å². The van der Waals surface area contributed by atoms with Crippen molar-refractivity contribution in [1.29, 1.82) is 0 Å². The van der Waals surface area contributed by atoms with E-state index in [2.05, 4.69) is 49.2 Å². The molecule has 1 saturated heterocycles. The van der Waals surface area contributed by atoms with Crippen LogP contribution in [0.1, 0.15) is 25.3 Å². The van der Waals surface area contributed by atoms with Gasteiger partial charge < -0.3 is 5.32 Å². The highest BCUT2D eigenvalue weighted by Crippen LogP contribution is 2.36. The molecule has 15 heavy (non-hydrogen) atoms. The van der Waals surface area contributed by atoms with Crippen molar-refractivity contribution < 1.29 is 0 Å². The Morgan fingerprint density at radius 3 is 2.73 bits per heavy atom. The van der Waals surface area contributed by atoms with Gasteiger partial charge in [0.25, 0.3) is 0 Å². The van der Waals surface area contributed by atoms with Gasteiger partial charge in [-0.3, -0.25) is 0 Å². The first kappa shape index (κ1) is 10.4. The molecule has 1 aliphatic heterocycles. The van der Waals surface area contributed by atoms with Gasteiger partial charge in [0.1, 0.15) is 0 Å². The van der Waals surface area contributed by atoms with Crippen molar-refractivity contribution in [2.45, 2.75) is 31.2 Å². The van der Waals surface area contributed by atoms with Crippen molar-refractivity contribution in [2.75, 3.05) is 6.54 Å². The van der Waals surface area contributed by atoms with Gasteiger partial charge in [-0.05, 0) is 25.3 Å². The molecule has 0 aliphatic carbocycles. The Hall–Kier alpha value is -1.08. The van der Waals surface area contributed by atoms with E-state index in [-0.39, 0.29) is 5.41 Å². The van der Waals surface area contributed by atoms with Crippen molar-refractivity contribution >= 4 is 0 Å². The summed E-state index contributed by atoms with van der Waals surface area (Å²) in [4.78, 5) is 0. The summed E-state index contributed by atoms with van der Waals surface area (Å²) in [5.74, 6) is 0. The molecule has 1 aliphatic rings. The Bertz CT molecular complexity index is 330. The monoisotopic (exact) mass is 201 g/mol. The Labute approximate surface area is 92.2 Å². The summed E-state index contributed by atoms with van der Waals surface area (Å²) in [6, 6.07) is 11.4. The predicted molar refractivity (Wildman–Crippen MR) is 65.0 cm³/mol. The van der Waals surface area contributed by atoms with Crippen molar-refractivity contribution in [3.63, 3.8) is 0 Å². The predicted octanol–water partition coefficient (Wildman–Crippen LogP) is 2.88. The van der Waals surface area contributed by atoms with Crippen LogP contribution in [0.3, 0.4) is 0 Å². The summed E-state index contributed by atoms with van der Waals surface area (Å²) >= 11 is 0. The molecule has 0 saturated carbocycles. The zero-order valence-corrected chi connectivity index (χ0v) is 9.37. The molecule has 1 nitrogen and oxygen atoms in total. The normalized spacial score (nSPS) is 30.3. The van der Waals surface area contributed by atoms with Gasteiger partial charge in [-0.2, -0.15) is 0 Å². The van der Waals surface area contributed by atoms with Crippen LogP contribution in [0.15, 0.2) is 43.0 Å². The molecule has 1 aromatic carbocycles. The Kier molecular flexibility index (Phi) is 2.92. The Balaban J connectivity index is 2.31. The number of hydrogen-bond acceptors (Lipinski definition) is 1.